The number of sulfonamides is 1. The minimum Gasteiger partial charge on any atom is -0.350 e. The summed E-state index contributed by atoms with van der Waals surface area (Å²) in [4.78, 5) is 29.7. The lowest BCUT2D eigenvalue weighted by Gasteiger charge is -2.35. The molecule has 4 rings (SSSR count). The standard InChI is InChI=1S/C35H36Cl2FN3O4S/c1-24-10-18-30(19-11-24)46(44,45)41(29-16-14-28(38)15-17-29)23-33(42)40(22-26-12-13-27(36)21-31(26)37)32(34(43)39-35(2,3)4)20-25-8-6-5-7-9-25/h5-19,21,32H,20,22-23H2,1-4H3,(H,39,43). The van der Waals surface area contributed by atoms with E-state index in [1.54, 1.807) is 24.3 Å². The molecule has 1 unspecified atom stereocenters. The summed E-state index contributed by atoms with van der Waals surface area (Å²) in [7, 11) is -4.31. The topological polar surface area (TPSA) is 86.8 Å². The number of benzene rings is 4. The fourth-order valence-electron chi connectivity index (χ4n) is 4.81. The summed E-state index contributed by atoms with van der Waals surface area (Å²) in [5, 5.41) is 3.65. The number of carbonyl (C=O) groups excluding carboxylic acids is 2. The zero-order chi connectivity index (χ0) is 33.6. The molecule has 1 atom stereocenters. The molecule has 0 aliphatic heterocycles. The Balaban J connectivity index is 1.83. The van der Waals surface area contributed by atoms with Gasteiger partial charge in [-0.15, -0.1) is 0 Å². The number of amides is 2. The fraction of sp³-hybridized carbons (Fsp3) is 0.257. The van der Waals surface area contributed by atoms with Crippen LogP contribution in [0.25, 0.3) is 0 Å². The number of carbonyl (C=O) groups is 2. The SMILES string of the molecule is Cc1ccc(S(=O)(=O)N(CC(=O)N(Cc2ccc(Cl)cc2Cl)C(Cc2ccccc2)C(=O)NC(C)(C)C)c2ccc(F)cc2)cc1. The van der Waals surface area contributed by atoms with Gasteiger partial charge in [-0.25, -0.2) is 12.8 Å². The van der Waals surface area contributed by atoms with Crippen molar-refractivity contribution in [3.8, 4) is 0 Å². The predicted molar refractivity (Wildman–Crippen MR) is 181 cm³/mol. The van der Waals surface area contributed by atoms with Crippen LogP contribution >= 0.6 is 23.2 Å². The second-order valence-electron chi connectivity index (χ2n) is 12.0. The Hall–Kier alpha value is -3.92. The number of aryl methyl sites for hydroxylation is 1. The summed E-state index contributed by atoms with van der Waals surface area (Å²) in [6.45, 7) is 6.52. The largest absolute Gasteiger partial charge is 0.350 e. The molecule has 0 radical (unpaired) electrons. The molecule has 0 aliphatic carbocycles. The van der Waals surface area contributed by atoms with Crippen molar-refractivity contribution < 1.29 is 22.4 Å². The van der Waals surface area contributed by atoms with Crippen molar-refractivity contribution in [3.63, 3.8) is 0 Å². The van der Waals surface area contributed by atoms with Gasteiger partial charge in [0.1, 0.15) is 18.4 Å². The van der Waals surface area contributed by atoms with Crippen molar-refractivity contribution in [2.75, 3.05) is 10.8 Å². The molecule has 4 aromatic rings. The van der Waals surface area contributed by atoms with E-state index in [1.165, 1.54) is 35.2 Å². The lowest BCUT2D eigenvalue weighted by atomic mass is 10.0. The Labute approximate surface area is 280 Å². The van der Waals surface area contributed by atoms with Gasteiger partial charge < -0.3 is 10.2 Å². The lowest BCUT2D eigenvalue weighted by molar-refractivity contribution is -0.140. The van der Waals surface area contributed by atoms with Crippen LogP contribution < -0.4 is 9.62 Å². The maximum Gasteiger partial charge on any atom is 0.264 e. The smallest absolute Gasteiger partial charge is 0.264 e. The molecule has 7 nitrogen and oxygen atoms in total. The van der Waals surface area contributed by atoms with Crippen LogP contribution in [0.4, 0.5) is 10.1 Å². The van der Waals surface area contributed by atoms with E-state index in [0.717, 1.165) is 27.6 Å². The Kier molecular flexibility index (Phi) is 11.1. The predicted octanol–water partition coefficient (Wildman–Crippen LogP) is 7.19. The molecule has 0 fully saturated rings. The van der Waals surface area contributed by atoms with Crippen LogP contribution in [0.1, 0.15) is 37.5 Å². The zero-order valence-corrected chi connectivity index (χ0v) is 28.3. The molecular formula is C35H36Cl2FN3O4S. The van der Waals surface area contributed by atoms with Crippen LogP contribution in [-0.2, 0) is 32.6 Å². The quantitative estimate of drug-likeness (QED) is 0.181. The number of nitrogens with zero attached hydrogens (tertiary/aromatic N) is 2. The van der Waals surface area contributed by atoms with Gasteiger partial charge in [-0.2, -0.15) is 0 Å². The number of hydrogen-bond acceptors (Lipinski definition) is 4. The first kappa shape index (κ1) is 34.9. The van der Waals surface area contributed by atoms with Crippen molar-refractivity contribution in [2.45, 2.75) is 57.1 Å². The highest BCUT2D eigenvalue weighted by molar-refractivity contribution is 7.92. The summed E-state index contributed by atoms with van der Waals surface area (Å²) < 4.78 is 43.0. The van der Waals surface area contributed by atoms with Crippen LogP contribution in [-0.4, -0.2) is 43.3 Å². The number of halogens is 3. The van der Waals surface area contributed by atoms with E-state index in [1.807, 2.05) is 58.0 Å². The second kappa shape index (κ2) is 14.7. The Morgan fingerprint density at radius 3 is 2.11 bits per heavy atom. The molecule has 242 valence electrons. The van der Waals surface area contributed by atoms with Crippen molar-refractivity contribution in [2.24, 2.45) is 0 Å². The third-order valence-corrected chi connectivity index (χ3v) is 9.50. The number of anilines is 1. The molecule has 1 N–H and O–H groups in total. The normalized spacial score (nSPS) is 12.3. The van der Waals surface area contributed by atoms with E-state index in [9.17, 15) is 22.4 Å². The Morgan fingerprint density at radius 2 is 1.52 bits per heavy atom. The summed E-state index contributed by atoms with van der Waals surface area (Å²) in [6, 6.07) is 24.0. The van der Waals surface area contributed by atoms with Gasteiger partial charge in [-0.3, -0.25) is 13.9 Å². The molecule has 0 spiro atoms. The molecule has 2 amide bonds. The van der Waals surface area contributed by atoms with Crippen molar-refractivity contribution in [3.05, 3.63) is 130 Å². The maximum atomic E-state index is 14.5. The zero-order valence-electron chi connectivity index (χ0n) is 26.0. The highest BCUT2D eigenvalue weighted by atomic mass is 35.5. The van der Waals surface area contributed by atoms with E-state index in [4.69, 9.17) is 23.2 Å². The number of hydrogen-bond donors (Lipinski definition) is 1. The highest BCUT2D eigenvalue weighted by Gasteiger charge is 2.36. The second-order valence-corrected chi connectivity index (χ2v) is 14.7. The van der Waals surface area contributed by atoms with E-state index in [-0.39, 0.29) is 28.6 Å². The third kappa shape index (κ3) is 9.09. The van der Waals surface area contributed by atoms with Crippen molar-refractivity contribution in [1.82, 2.24) is 10.2 Å². The van der Waals surface area contributed by atoms with Crippen LogP contribution in [0.15, 0.2) is 102 Å². The van der Waals surface area contributed by atoms with Gasteiger partial charge in [0, 0.05) is 28.5 Å². The van der Waals surface area contributed by atoms with Gasteiger partial charge >= 0.3 is 0 Å². The summed E-state index contributed by atoms with van der Waals surface area (Å²) >= 11 is 12.7. The molecule has 0 bridgehead atoms. The van der Waals surface area contributed by atoms with Crippen molar-refractivity contribution >= 4 is 50.7 Å². The molecule has 0 aliphatic rings. The molecule has 4 aromatic carbocycles. The number of rotatable bonds is 11. The van der Waals surface area contributed by atoms with Crippen molar-refractivity contribution in [1.29, 1.82) is 0 Å². The molecule has 11 heteroatoms. The summed E-state index contributed by atoms with van der Waals surface area (Å²) in [5.41, 5.74) is 1.60. The molecule has 0 heterocycles. The van der Waals surface area contributed by atoms with E-state index in [2.05, 4.69) is 5.32 Å². The van der Waals surface area contributed by atoms with Gasteiger partial charge in [0.15, 0.2) is 0 Å². The molecule has 0 saturated heterocycles. The van der Waals surface area contributed by atoms with Gasteiger partial charge in [-0.05, 0) is 87.4 Å². The Morgan fingerprint density at radius 1 is 0.891 bits per heavy atom. The van der Waals surface area contributed by atoms with Gasteiger partial charge in [-0.1, -0.05) is 77.3 Å². The average molecular weight is 685 g/mol. The monoisotopic (exact) mass is 683 g/mol. The van der Waals surface area contributed by atoms with E-state index in [0.29, 0.717) is 10.6 Å². The number of nitrogens with one attached hydrogen (secondary N) is 1. The lowest BCUT2D eigenvalue weighted by Crippen LogP contribution is -2.56. The van der Waals surface area contributed by atoms with Crippen LogP contribution in [0.5, 0.6) is 0 Å². The molecule has 46 heavy (non-hydrogen) atoms. The van der Waals surface area contributed by atoms with E-state index >= 15 is 0 Å². The first-order valence-corrected chi connectivity index (χ1v) is 16.8. The van der Waals surface area contributed by atoms with Gasteiger partial charge in [0.25, 0.3) is 10.0 Å². The van der Waals surface area contributed by atoms with Crippen LogP contribution in [0, 0.1) is 12.7 Å². The van der Waals surface area contributed by atoms with Crippen LogP contribution in [0.2, 0.25) is 10.0 Å². The van der Waals surface area contributed by atoms with E-state index < -0.39 is 45.8 Å². The highest BCUT2D eigenvalue weighted by Crippen LogP contribution is 2.28. The summed E-state index contributed by atoms with van der Waals surface area (Å²) in [6.07, 6.45) is 0.140. The first-order chi connectivity index (χ1) is 21.6. The minimum absolute atomic E-state index is 0.0474. The minimum atomic E-state index is -4.31. The Bertz CT molecular complexity index is 1780. The van der Waals surface area contributed by atoms with Gasteiger partial charge in [0.2, 0.25) is 11.8 Å². The maximum absolute atomic E-state index is 14.5. The first-order valence-electron chi connectivity index (χ1n) is 14.6. The molecule has 0 aromatic heterocycles. The van der Waals surface area contributed by atoms with Gasteiger partial charge in [0.05, 0.1) is 10.6 Å². The fourth-order valence-corrected chi connectivity index (χ4v) is 6.70. The molecular weight excluding hydrogens is 648 g/mol. The average Bonchev–Trinajstić information content (AvgIpc) is 2.99. The summed E-state index contributed by atoms with van der Waals surface area (Å²) in [5.74, 6) is -1.66. The third-order valence-electron chi connectivity index (χ3n) is 7.13. The van der Waals surface area contributed by atoms with Crippen LogP contribution in [0.3, 0.4) is 0 Å². The molecule has 0 saturated carbocycles.